The zero-order valence-corrected chi connectivity index (χ0v) is 7.15. The van der Waals surface area contributed by atoms with Crippen LogP contribution in [0.25, 0.3) is 0 Å². The van der Waals surface area contributed by atoms with Crippen LogP contribution in [0, 0.1) is 0 Å². The zero-order valence-electron chi connectivity index (χ0n) is 6.33. The Hall–Kier alpha value is -0.710. The first kappa shape index (κ1) is 8.39. The highest BCUT2D eigenvalue weighted by Gasteiger charge is 2.14. The Morgan fingerprint density at radius 1 is 2.00 bits per heavy atom. The number of primary amides is 1. The van der Waals surface area contributed by atoms with Crippen molar-refractivity contribution in [2.75, 3.05) is 13.1 Å². The predicted molar refractivity (Wildman–Crippen MR) is 46.6 cm³/mol. The molecule has 1 aliphatic heterocycles. The summed E-state index contributed by atoms with van der Waals surface area (Å²) in [6, 6.07) is 0. The number of nitrogens with zero attached hydrogens (tertiary/aromatic N) is 1. The summed E-state index contributed by atoms with van der Waals surface area (Å²) in [5.74, 6) is -0.354. The summed E-state index contributed by atoms with van der Waals surface area (Å²) in [5.41, 5.74) is 4.94. The molecule has 1 aliphatic rings. The van der Waals surface area contributed by atoms with Crippen molar-refractivity contribution >= 4 is 22.8 Å². The Morgan fingerprint density at radius 3 is 3.18 bits per heavy atom. The number of hydrogen-bond acceptors (Lipinski definition) is 4. The quantitative estimate of drug-likeness (QED) is 0.594. The standard InChI is InChI=1S/C6H11N3OS/c1-4-2-8-6(11-4)9-3-5(7)10/h4H,2-3H2,1H3,(H2,7,10)(H,8,9). The predicted octanol–water partition coefficient (Wildman–Crippen LogP) is -0.447. The van der Waals surface area contributed by atoms with Crippen molar-refractivity contribution in [3.63, 3.8) is 0 Å². The van der Waals surface area contributed by atoms with Crippen LogP contribution in [0.15, 0.2) is 4.99 Å². The number of amidine groups is 1. The van der Waals surface area contributed by atoms with Crippen molar-refractivity contribution in [2.45, 2.75) is 12.2 Å². The van der Waals surface area contributed by atoms with Gasteiger partial charge in [-0.25, -0.2) is 0 Å². The Balaban J connectivity index is 2.23. The fourth-order valence-electron chi connectivity index (χ4n) is 0.737. The first-order valence-electron chi connectivity index (χ1n) is 3.42. The van der Waals surface area contributed by atoms with Crippen molar-refractivity contribution in [3.8, 4) is 0 Å². The Kier molecular flexibility index (Phi) is 2.76. The number of thioether (sulfide) groups is 1. The van der Waals surface area contributed by atoms with Gasteiger partial charge in [0.1, 0.15) is 0 Å². The number of carbonyl (C=O) groups excluding carboxylic acids is 1. The molecule has 0 aromatic carbocycles. The molecule has 0 saturated carbocycles. The molecular formula is C6H11N3OS. The Morgan fingerprint density at radius 2 is 2.73 bits per heavy atom. The minimum absolute atomic E-state index is 0.179. The van der Waals surface area contributed by atoms with Crippen LogP contribution < -0.4 is 11.1 Å². The molecule has 5 heteroatoms. The van der Waals surface area contributed by atoms with Crippen molar-refractivity contribution in [3.05, 3.63) is 0 Å². The molecule has 1 unspecified atom stereocenters. The van der Waals surface area contributed by atoms with Gasteiger partial charge in [-0.15, -0.1) is 0 Å². The van der Waals surface area contributed by atoms with Crippen LogP contribution in [0.3, 0.4) is 0 Å². The number of amides is 1. The van der Waals surface area contributed by atoms with Crippen molar-refractivity contribution < 1.29 is 4.79 Å². The fourth-order valence-corrected chi connectivity index (χ4v) is 1.57. The SMILES string of the molecule is CC1CN=C(NCC(N)=O)S1. The molecular weight excluding hydrogens is 162 g/mol. The van der Waals surface area contributed by atoms with Gasteiger partial charge >= 0.3 is 0 Å². The van der Waals surface area contributed by atoms with Gasteiger partial charge in [0.15, 0.2) is 5.17 Å². The van der Waals surface area contributed by atoms with Crippen molar-refractivity contribution in [1.82, 2.24) is 5.32 Å². The van der Waals surface area contributed by atoms with E-state index in [1.165, 1.54) is 0 Å². The first-order valence-corrected chi connectivity index (χ1v) is 4.29. The number of nitrogens with one attached hydrogen (secondary N) is 1. The average Bonchev–Trinajstić information content (AvgIpc) is 2.31. The average molecular weight is 173 g/mol. The number of aliphatic imine (C=N–C) groups is 1. The molecule has 0 fully saturated rings. The maximum absolute atomic E-state index is 10.3. The minimum Gasteiger partial charge on any atom is -0.368 e. The summed E-state index contributed by atoms with van der Waals surface area (Å²) in [7, 11) is 0. The van der Waals surface area contributed by atoms with Gasteiger partial charge in [0.25, 0.3) is 0 Å². The van der Waals surface area contributed by atoms with Gasteiger partial charge < -0.3 is 11.1 Å². The molecule has 1 amide bonds. The van der Waals surface area contributed by atoms with Crippen LogP contribution in [0.4, 0.5) is 0 Å². The second-order valence-corrected chi connectivity index (χ2v) is 3.82. The highest BCUT2D eigenvalue weighted by atomic mass is 32.2. The number of rotatable bonds is 2. The monoisotopic (exact) mass is 173 g/mol. The van der Waals surface area contributed by atoms with Gasteiger partial charge in [-0.1, -0.05) is 18.7 Å². The van der Waals surface area contributed by atoms with Crippen LogP contribution >= 0.6 is 11.8 Å². The van der Waals surface area contributed by atoms with E-state index in [9.17, 15) is 4.79 Å². The number of carbonyl (C=O) groups is 1. The first-order chi connectivity index (χ1) is 5.18. The molecule has 11 heavy (non-hydrogen) atoms. The van der Waals surface area contributed by atoms with E-state index in [4.69, 9.17) is 5.73 Å². The number of hydrogen-bond donors (Lipinski definition) is 2. The summed E-state index contributed by atoms with van der Waals surface area (Å²) in [6.45, 7) is 3.09. The molecule has 0 bridgehead atoms. The third kappa shape index (κ3) is 2.80. The fraction of sp³-hybridized carbons (Fsp3) is 0.667. The van der Waals surface area contributed by atoms with Gasteiger partial charge in [-0.3, -0.25) is 9.79 Å². The second-order valence-electron chi connectivity index (χ2n) is 2.39. The van der Waals surface area contributed by atoms with E-state index in [0.717, 1.165) is 11.7 Å². The summed E-state index contributed by atoms with van der Waals surface area (Å²) < 4.78 is 0. The molecule has 1 rings (SSSR count). The third-order valence-electron chi connectivity index (χ3n) is 1.22. The van der Waals surface area contributed by atoms with E-state index in [2.05, 4.69) is 17.2 Å². The molecule has 0 radical (unpaired) electrons. The molecule has 0 spiro atoms. The van der Waals surface area contributed by atoms with Gasteiger partial charge in [0.05, 0.1) is 13.1 Å². The van der Waals surface area contributed by atoms with Crippen LogP contribution in [0.5, 0.6) is 0 Å². The lowest BCUT2D eigenvalue weighted by Gasteiger charge is -2.01. The normalized spacial score (nSPS) is 23.0. The molecule has 0 saturated heterocycles. The van der Waals surface area contributed by atoms with E-state index in [1.54, 1.807) is 11.8 Å². The lowest BCUT2D eigenvalue weighted by atomic mass is 10.5. The maximum Gasteiger partial charge on any atom is 0.236 e. The summed E-state index contributed by atoms with van der Waals surface area (Å²) in [6.07, 6.45) is 0. The van der Waals surface area contributed by atoms with Gasteiger partial charge in [-0.2, -0.15) is 0 Å². The van der Waals surface area contributed by atoms with Crippen LogP contribution in [-0.4, -0.2) is 29.4 Å². The topological polar surface area (TPSA) is 67.5 Å². The highest BCUT2D eigenvalue weighted by Crippen LogP contribution is 2.17. The van der Waals surface area contributed by atoms with Crippen molar-refractivity contribution in [2.24, 2.45) is 10.7 Å². The van der Waals surface area contributed by atoms with Gasteiger partial charge in [0, 0.05) is 5.25 Å². The molecule has 0 aromatic heterocycles. The Labute approximate surface area is 69.6 Å². The summed E-state index contributed by atoms with van der Waals surface area (Å²) >= 11 is 1.64. The van der Waals surface area contributed by atoms with Crippen LogP contribution in [0.1, 0.15) is 6.92 Å². The largest absolute Gasteiger partial charge is 0.368 e. The minimum atomic E-state index is -0.354. The molecule has 0 aliphatic carbocycles. The molecule has 4 nitrogen and oxygen atoms in total. The lowest BCUT2D eigenvalue weighted by Crippen LogP contribution is -2.31. The maximum atomic E-state index is 10.3. The van der Waals surface area contributed by atoms with E-state index < -0.39 is 0 Å². The highest BCUT2D eigenvalue weighted by molar-refractivity contribution is 8.14. The summed E-state index contributed by atoms with van der Waals surface area (Å²) in [4.78, 5) is 14.5. The molecule has 62 valence electrons. The third-order valence-corrected chi connectivity index (χ3v) is 2.27. The smallest absolute Gasteiger partial charge is 0.236 e. The molecule has 0 aromatic rings. The van der Waals surface area contributed by atoms with Crippen LogP contribution in [0.2, 0.25) is 0 Å². The van der Waals surface area contributed by atoms with Gasteiger partial charge in [-0.05, 0) is 0 Å². The van der Waals surface area contributed by atoms with E-state index in [-0.39, 0.29) is 12.5 Å². The summed E-state index contributed by atoms with van der Waals surface area (Å²) in [5, 5.41) is 4.20. The van der Waals surface area contributed by atoms with Gasteiger partial charge in [0.2, 0.25) is 5.91 Å². The molecule has 1 atom stereocenters. The van der Waals surface area contributed by atoms with E-state index in [1.807, 2.05) is 0 Å². The molecule has 3 N–H and O–H groups in total. The van der Waals surface area contributed by atoms with Crippen molar-refractivity contribution in [1.29, 1.82) is 0 Å². The van der Waals surface area contributed by atoms with E-state index >= 15 is 0 Å². The Bertz CT molecular complexity index is 192. The van der Waals surface area contributed by atoms with E-state index in [0.29, 0.717) is 5.25 Å². The molecule has 1 heterocycles. The second kappa shape index (κ2) is 3.61. The van der Waals surface area contributed by atoms with Crippen LogP contribution in [-0.2, 0) is 4.79 Å². The number of nitrogens with two attached hydrogens (primary N) is 1. The lowest BCUT2D eigenvalue weighted by molar-refractivity contribution is -0.116. The zero-order chi connectivity index (χ0) is 8.27.